The van der Waals surface area contributed by atoms with Crippen molar-refractivity contribution >= 4 is 0 Å². The first-order valence-corrected chi connectivity index (χ1v) is 3.06. The van der Waals surface area contributed by atoms with Gasteiger partial charge in [0.05, 0.1) is 0 Å². The Bertz CT molecular complexity index is 59.4. The average molecular weight is 116 g/mol. The lowest BCUT2D eigenvalue weighted by atomic mass is 10.2. The molecule has 48 valence electrons. The fourth-order valence-electron chi connectivity index (χ4n) is 0.612. The minimum absolute atomic E-state index is 0.508. The van der Waals surface area contributed by atoms with Crippen LogP contribution in [0.4, 0.5) is 4.39 Å². The maximum absolute atomic E-state index is 12.3. The molecule has 0 saturated heterocycles. The molecule has 0 aromatic carbocycles. The highest BCUT2D eigenvalue weighted by Gasteiger charge is 1.99. The summed E-state index contributed by atoms with van der Waals surface area (Å²) in [4.78, 5) is 0. The molecule has 0 radical (unpaired) electrons. The van der Waals surface area contributed by atoms with Gasteiger partial charge in [-0.15, -0.1) is 6.58 Å². The zero-order chi connectivity index (χ0) is 6.41. The van der Waals surface area contributed by atoms with Crippen LogP contribution in [0, 0.1) is 0 Å². The molecule has 0 N–H and O–H groups in total. The van der Waals surface area contributed by atoms with Crippen molar-refractivity contribution in [3.8, 4) is 0 Å². The molecule has 0 rings (SSSR count). The number of allylic oxidation sites excluding steroid dienone is 1. The molecule has 0 spiro atoms. The van der Waals surface area contributed by atoms with Gasteiger partial charge >= 0.3 is 0 Å². The van der Waals surface area contributed by atoms with Gasteiger partial charge in [-0.3, -0.25) is 0 Å². The number of halogens is 1. The second-order valence-electron chi connectivity index (χ2n) is 1.91. The van der Waals surface area contributed by atoms with Crippen LogP contribution in [0.1, 0.15) is 26.2 Å². The van der Waals surface area contributed by atoms with Gasteiger partial charge in [-0.25, -0.2) is 4.39 Å². The lowest BCUT2D eigenvalue weighted by Gasteiger charge is -1.99. The van der Waals surface area contributed by atoms with Crippen LogP contribution in [-0.2, 0) is 0 Å². The Morgan fingerprint density at radius 1 is 1.75 bits per heavy atom. The van der Waals surface area contributed by atoms with E-state index in [9.17, 15) is 4.39 Å². The highest BCUT2D eigenvalue weighted by molar-refractivity contribution is 4.71. The predicted octanol–water partition coefficient (Wildman–Crippen LogP) is 2.70. The normalized spacial score (nSPS) is 13.2. The van der Waals surface area contributed by atoms with Crippen LogP contribution >= 0.6 is 0 Å². The van der Waals surface area contributed by atoms with Crippen LogP contribution in [0.5, 0.6) is 0 Å². The van der Waals surface area contributed by atoms with Crippen molar-refractivity contribution in [1.82, 2.24) is 0 Å². The topological polar surface area (TPSA) is 0 Å². The molecule has 1 unspecified atom stereocenters. The van der Waals surface area contributed by atoms with Crippen molar-refractivity contribution in [3.05, 3.63) is 12.7 Å². The molecule has 8 heavy (non-hydrogen) atoms. The summed E-state index contributed by atoms with van der Waals surface area (Å²) in [7, 11) is 0. The Balaban J connectivity index is 3.03. The second-order valence-corrected chi connectivity index (χ2v) is 1.91. The molecule has 0 fully saturated rings. The summed E-state index contributed by atoms with van der Waals surface area (Å²) < 4.78 is 12.3. The molecule has 1 atom stereocenters. The summed E-state index contributed by atoms with van der Waals surface area (Å²) in [6.07, 6.45) is 3.08. The van der Waals surface area contributed by atoms with E-state index in [0.717, 1.165) is 6.42 Å². The van der Waals surface area contributed by atoms with Gasteiger partial charge in [-0.1, -0.05) is 19.4 Å². The highest BCUT2D eigenvalue weighted by atomic mass is 19.1. The summed E-state index contributed by atoms with van der Waals surface area (Å²) in [5, 5.41) is 0. The van der Waals surface area contributed by atoms with Gasteiger partial charge in [-0.05, 0) is 12.8 Å². The van der Waals surface area contributed by atoms with Crippen LogP contribution in [0.15, 0.2) is 12.7 Å². The van der Waals surface area contributed by atoms with Crippen molar-refractivity contribution in [2.45, 2.75) is 32.4 Å². The summed E-state index contributed by atoms with van der Waals surface area (Å²) in [6.45, 7) is 5.42. The zero-order valence-electron chi connectivity index (χ0n) is 5.36. The molecule has 0 aromatic heterocycles. The van der Waals surface area contributed by atoms with E-state index in [4.69, 9.17) is 0 Å². The molecule has 0 amide bonds. The Labute approximate surface area is 50.4 Å². The van der Waals surface area contributed by atoms with Crippen molar-refractivity contribution in [2.75, 3.05) is 0 Å². The molecule has 1 heteroatoms. The van der Waals surface area contributed by atoms with E-state index in [1.807, 2.05) is 6.92 Å². The van der Waals surface area contributed by atoms with Gasteiger partial charge < -0.3 is 0 Å². The fourth-order valence-corrected chi connectivity index (χ4v) is 0.612. The van der Waals surface area contributed by atoms with Crippen LogP contribution < -0.4 is 0 Å². The fraction of sp³-hybridized carbons (Fsp3) is 0.714. The first kappa shape index (κ1) is 7.67. The van der Waals surface area contributed by atoms with Crippen molar-refractivity contribution < 1.29 is 4.39 Å². The molecule has 0 aromatic rings. The second kappa shape index (κ2) is 4.82. The van der Waals surface area contributed by atoms with E-state index in [1.54, 1.807) is 6.08 Å². The SMILES string of the molecule is C=CCC(F)CCC. The maximum Gasteiger partial charge on any atom is 0.104 e. The Morgan fingerprint density at radius 2 is 2.38 bits per heavy atom. The van der Waals surface area contributed by atoms with E-state index in [2.05, 4.69) is 6.58 Å². The maximum atomic E-state index is 12.3. The number of alkyl halides is 1. The summed E-state index contributed by atoms with van der Waals surface area (Å²) in [5.41, 5.74) is 0. The molecule has 0 heterocycles. The van der Waals surface area contributed by atoms with Crippen LogP contribution in [0.2, 0.25) is 0 Å². The number of hydrogen-bond acceptors (Lipinski definition) is 0. The zero-order valence-corrected chi connectivity index (χ0v) is 5.36. The number of hydrogen-bond donors (Lipinski definition) is 0. The summed E-state index contributed by atoms with van der Waals surface area (Å²) in [5.74, 6) is 0. The lowest BCUT2D eigenvalue weighted by molar-refractivity contribution is 0.315. The molecule has 0 aliphatic carbocycles. The van der Waals surface area contributed by atoms with Crippen LogP contribution in [-0.4, -0.2) is 6.17 Å². The Morgan fingerprint density at radius 3 is 2.75 bits per heavy atom. The summed E-state index contributed by atoms with van der Waals surface area (Å²) in [6, 6.07) is 0. The van der Waals surface area contributed by atoms with Gasteiger partial charge in [0.25, 0.3) is 0 Å². The monoisotopic (exact) mass is 116 g/mol. The van der Waals surface area contributed by atoms with Gasteiger partial charge in [-0.2, -0.15) is 0 Å². The first-order chi connectivity index (χ1) is 3.81. The van der Waals surface area contributed by atoms with Gasteiger partial charge in [0.1, 0.15) is 6.17 Å². The molecule has 0 aliphatic rings. The Hall–Kier alpha value is -0.330. The first-order valence-electron chi connectivity index (χ1n) is 3.06. The van der Waals surface area contributed by atoms with Crippen LogP contribution in [0.25, 0.3) is 0 Å². The third-order valence-electron chi connectivity index (χ3n) is 1.02. The highest BCUT2D eigenvalue weighted by Crippen LogP contribution is 2.05. The lowest BCUT2D eigenvalue weighted by Crippen LogP contribution is -1.95. The predicted molar refractivity (Wildman–Crippen MR) is 34.6 cm³/mol. The van der Waals surface area contributed by atoms with Gasteiger partial charge in [0, 0.05) is 0 Å². The quantitative estimate of drug-likeness (QED) is 0.495. The summed E-state index contributed by atoms with van der Waals surface area (Å²) >= 11 is 0. The van der Waals surface area contributed by atoms with Crippen molar-refractivity contribution in [2.24, 2.45) is 0 Å². The van der Waals surface area contributed by atoms with E-state index in [-0.39, 0.29) is 0 Å². The number of rotatable bonds is 4. The van der Waals surface area contributed by atoms with E-state index in [1.165, 1.54) is 0 Å². The van der Waals surface area contributed by atoms with Gasteiger partial charge in [0.2, 0.25) is 0 Å². The van der Waals surface area contributed by atoms with E-state index in [0.29, 0.717) is 12.8 Å². The van der Waals surface area contributed by atoms with Crippen LogP contribution in [0.3, 0.4) is 0 Å². The third-order valence-corrected chi connectivity index (χ3v) is 1.02. The minimum atomic E-state index is -0.655. The molecular formula is C7H13F. The van der Waals surface area contributed by atoms with E-state index < -0.39 is 6.17 Å². The largest absolute Gasteiger partial charge is 0.247 e. The van der Waals surface area contributed by atoms with Gasteiger partial charge in [0.15, 0.2) is 0 Å². The molecular weight excluding hydrogens is 103 g/mol. The molecule has 0 nitrogen and oxygen atoms in total. The average Bonchev–Trinajstić information content (AvgIpc) is 1.68. The van der Waals surface area contributed by atoms with Crippen molar-refractivity contribution in [1.29, 1.82) is 0 Å². The Kier molecular flexibility index (Phi) is 4.62. The third kappa shape index (κ3) is 3.85. The minimum Gasteiger partial charge on any atom is -0.247 e. The molecule has 0 bridgehead atoms. The standard InChI is InChI=1S/C7H13F/c1-3-5-7(8)6-4-2/h3,7H,1,4-6H2,2H3. The van der Waals surface area contributed by atoms with Crippen molar-refractivity contribution in [3.63, 3.8) is 0 Å². The smallest absolute Gasteiger partial charge is 0.104 e. The van der Waals surface area contributed by atoms with E-state index >= 15 is 0 Å². The molecule has 0 aliphatic heterocycles. The molecule has 0 saturated carbocycles.